The molecule has 1 N–H and O–H groups in total. The lowest BCUT2D eigenvalue weighted by molar-refractivity contribution is 0.422. The molecule has 0 saturated heterocycles. The second-order valence-corrected chi connectivity index (χ2v) is 4.45. The average molecular weight is 233 g/mol. The second-order valence-electron chi connectivity index (χ2n) is 4.45. The van der Waals surface area contributed by atoms with Gasteiger partial charge >= 0.3 is 0 Å². The summed E-state index contributed by atoms with van der Waals surface area (Å²) >= 11 is 0. The van der Waals surface area contributed by atoms with Crippen LogP contribution in [0.25, 0.3) is 0 Å². The predicted molar refractivity (Wildman–Crippen MR) is 71.6 cm³/mol. The number of hydrogen-bond acceptors (Lipinski definition) is 2. The molecule has 1 rings (SSSR count). The minimum atomic E-state index is 0.346. The standard InChI is InChI=1S/C14H23N3/c1-5-8-12(4)15-11-13-9-10-17(16-13)14(6-2)7-3/h1,9-10,12,14-15H,6-8,11H2,2-4H3. The molecule has 0 radical (unpaired) electrons. The Balaban J connectivity index is 2.48. The van der Waals surface area contributed by atoms with Gasteiger partial charge in [-0.05, 0) is 25.8 Å². The third-order valence-electron chi connectivity index (χ3n) is 3.04. The summed E-state index contributed by atoms with van der Waals surface area (Å²) in [5.41, 5.74) is 1.08. The minimum Gasteiger partial charge on any atom is -0.308 e. The highest BCUT2D eigenvalue weighted by Crippen LogP contribution is 2.14. The SMILES string of the molecule is C#CCC(C)NCc1ccn(C(CC)CC)n1. The van der Waals surface area contributed by atoms with Crippen molar-refractivity contribution in [2.75, 3.05) is 0 Å². The van der Waals surface area contributed by atoms with Crippen LogP contribution in [0.5, 0.6) is 0 Å². The smallest absolute Gasteiger partial charge is 0.0762 e. The van der Waals surface area contributed by atoms with E-state index < -0.39 is 0 Å². The van der Waals surface area contributed by atoms with Crippen molar-refractivity contribution in [2.24, 2.45) is 0 Å². The largest absolute Gasteiger partial charge is 0.308 e. The van der Waals surface area contributed by atoms with E-state index in [0.717, 1.165) is 31.5 Å². The highest BCUT2D eigenvalue weighted by molar-refractivity contribution is 5.00. The molecule has 0 aromatic carbocycles. The zero-order valence-electron chi connectivity index (χ0n) is 11.1. The zero-order chi connectivity index (χ0) is 12.7. The third-order valence-corrected chi connectivity index (χ3v) is 3.04. The van der Waals surface area contributed by atoms with Crippen LogP contribution in [0.1, 0.15) is 51.8 Å². The van der Waals surface area contributed by atoms with Crippen LogP contribution in [0.15, 0.2) is 12.3 Å². The van der Waals surface area contributed by atoms with Crippen LogP contribution < -0.4 is 5.32 Å². The molecule has 1 unspecified atom stereocenters. The molecule has 0 aliphatic heterocycles. The van der Waals surface area contributed by atoms with Gasteiger partial charge in [-0.1, -0.05) is 13.8 Å². The molecule has 17 heavy (non-hydrogen) atoms. The van der Waals surface area contributed by atoms with Crippen molar-refractivity contribution in [1.29, 1.82) is 0 Å². The third kappa shape index (κ3) is 4.24. The van der Waals surface area contributed by atoms with Gasteiger partial charge in [-0.25, -0.2) is 0 Å². The van der Waals surface area contributed by atoms with Crippen molar-refractivity contribution in [3.8, 4) is 12.3 Å². The topological polar surface area (TPSA) is 29.9 Å². The van der Waals surface area contributed by atoms with Crippen LogP contribution in [0.3, 0.4) is 0 Å². The molecule has 1 atom stereocenters. The van der Waals surface area contributed by atoms with Gasteiger partial charge in [0.1, 0.15) is 0 Å². The highest BCUT2D eigenvalue weighted by atomic mass is 15.3. The Labute approximate surface area is 105 Å². The fourth-order valence-electron chi connectivity index (χ4n) is 1.87. The van der Waals surface area contributed by atoms with E-state index >= 15 is 0 Å². The number of hydrogen-bond donors (Lipinski definition) is 1. The average Bonchev–Trinajstić information content (AvgIpc) is 2.77. The lowest BCUT2D eigenvalue weighted by atomic mass is 10.2. The molecule has 3 nitrogen and oxygen atoms in total. The fourth-order valence-corrected chi connectivity index (χ4v) is 1.87. The molecule has 0 spiro atoms. The zero-order valence-corrected chi connectivity index (χ0v) is 11.1. The van der Waals surface area contributed by atoms with Crippen LogP contribution in [-0.4, -0.2) is 15.8 Å². The second kappa shape index (κ2) is 7.13. The molecule has 0 fully saturated rings. The molecular formula is C14H23N3. The molecule has 94 valence electrons. The Bertz CT molecular complexity index is 358. The van der Waals surface area contributed by atoms with E-state index in [2.05, 4.69) is 54.1 Å². The van der Waals surface area contributed by atoms with E-state index in [1.807, 2.05) is 0 Å². The van der Waals surface area contributed by atoms with Gasteiger partial charge in [0.2, 0.25) is 0 Å². The maximum Gasteiger partial charge on any atom is 0.0762 e. The molecule has 0 saturated carbocycles. The molecule has 0 aliphatic rings. The number of nitrogens with zero attached hydrogens (tertiary/aromatic N) is 2. The predicted octanol–water partition coefficient (Wildman–Crippen LogP) is 2.75. The molecule has 1 heterocycles. The van der Waals surface area contributed by atoms with E-state index in [1.165, 1.54) is 0 Å². The maximum absolute atomic E-state index is 5.27. The van der Waals surface area contributed by atoms with Crippen LogP contribution in [0.4, 0.5) is 0 Å². The van der Waals surface area contributed by atoms with Gasteiger partial charge in [-0.15, -0.1) is 12.3 Å². The summed E-state index contributed by atoms with van der Waals surface area (Å²) in [6.45, 7) is 7.28. The first-order valence-corrected chi connectivity index (χ1v) is 6.42. The van der Waals surface area contributed by atoms with Crippen molar-refractivity contribution in [2.45, 2.75) is 58.7 Å². The Kier molecular flexibility index (Phi) is 5.79. The van der Waals surface area contributed by atoms with Crippen molar-refractivity contribution < 1.29 is 0 Å². The van der Waals surface area contributed by atoms with Gasteiger partial charge in [0.15, 0.2) is 0 Å². The first kappa shape index (κ1) is 13.8. The van der Waals surface area contributed by atoms with Gasteiger partial charge < -0.3 is 5.32 Å². The number of terminal acetylenes is 1. The summed E-state index contributed by atoms with van der Waals surface area (Å²) < 4.78 is 2.07. The summed E-state index contributed by atoms with van der Waals surface area (Å²) in [5.74, 6) is 2.66. The van der Waals surface area contributed by atoms with E-state index in [1.54, 1.807) is 0 Å². The summed E-state index contributed by atoms with van der Waals surface area (Å²) in [6.07, 6.45) is 10.3. The van der Waals surface area contributed by atoms with Crippen molar-refractivity contribution in [1.82, 2.24) is 15.1 Å². The summed E-state index contributed by atoms with van der Waals surface area (Å²) in [4.78, 5) is 0. The molecule has 0 amide bonds. The van der Waals surface area contributed by atoms with Gasteiger partial charge in [-0.2, -0.15) is 5.10 Å². The summed E-state index contributed by atoms with van der Waals surface area (Å²) in [5, 5.41) is 7.96. The van der Waals surface area contributed by atoms with E-state index in [-0.39, 0.29) is 0 Å². The van der Waals surface area contributed by atoms with Gasteiger partial charge in [0.25, 0.3) is 0 Å². The molecule has 1 aromatic heterocycles. The first-order valence-electron chi connectivity index (χ1n) is 6.42. The Morgan fingerprint density at radius 2 is 2.18 bits per heavy atom. The molecule has 1 aromatic rings. The van der Waals surface area contributed by atoms with Crippen LogP contribution in [-0.2, 0) is 6.54 Å². The Hall–Kier alpha value is -1.27. The molecule has 0 aliphatic carbocycles. The van der Waals surface area contributed by atoms with Crippen LogP contribution >= 0.6 is 0 Å². The molecule has 0 bridgehead atoms. The quantitative estimate of drug-likeness (QED) is 0.734. The number of rotatable bonds is 7. The number of nitrogens with one attached hydrogen (secondary N) is 1. The molecular weight excluding hydrogens is 210 g/mol. The van der Waals surface area contributed by atoms with Crippen molar-refractivity contribution in [3.05, 3.63) is 18.0 Å². The Morgan fingerprint density at radius 3 is 2.76 bits per heavy atom. The fraction of sp³-hybridized carbons (Fsp3) is 0.643. The van der Waals surface area contributed by atoms with Crippen LogP contribution in [0, 0.1) is 12.3 Å². The van der Waals surface area contributed by atoms with Gasteiger partial charge in [-0.3, -0.25) is 4.68 Å². The van der Waals surface area contributed by atoms with Crippen molar-refractivity contribution in [3.63, 3.8) is 0 Å². The normalized spacial score (nSPS) is 12.6. The first-order chi connectivity index (χ1) is 8.21. The van der Waals surface area contributed by atoms with E-state index in [9.17, 15) is 0 Å². The number of aromatic nitrogens is 2. The van der Waals surface area contributed by atoms with Crippen LogP contribution in [0.2, 0.25) is 0 Å². The van der Waals surface area contributed by atoms with E-state index in [4.69, 9.17) is 6.42 Å². The summed E-state index contributed by atoms with van der Waals surface area (Å²) in [6, 6.07) is 2.94. The highest BCUT2D eigenvalue weighted by Gasteiger charge is 2.08. The van der Waals surface area contributed by atoms with Gasteiger partial charge in [0, 0.05) is 25.2 Å². The summed E-state index contributed by atoms with van der Waals surface area (Å²) in [7, 11) is 0. The lowest BCUT2D eigenvalue weighted by Crippen LogP contribution is -2.25. The van der Waals surface area contributed by atoms with E-state index in [0.29, 0.717) is 12.1 Å². The monoisotopic (exact) mass is 233 g/mol. The van der Waals surface area contributed by atoms with Crippen molar-refractivity contribution >= 4 is 0 Å². The lowest BCUT2D eigenvalue weighted by Gasteiger charge is -2.13. The maximum atomic E-state index is 5.27. The Morgan fingerprint density at radius 1 is 1.47 bits per heavy atom. The minimum absolute atomic E-state index is 0.346. The van der Waals surface area contributed by atoms with Gasteiger partial charge in [0.05, 0.1) is 11.7 Å². The molecule has 3 heteroatoms.